The molecule has 1 aromatic heterocycles. The van der Waals surface area contributed by atoms with E-state index in [1.54, 1.807) is 12.3 Å². The highest BCUT2D eigenvalue weighted by Crippen LogP contribution is 2.20. The first kappa shape index (κ1) is 19.0. The van der Waals surface area contributed by atoms with E-state index < -0.39 is 11.7 Å². The Kier molecular flexibility index (Phi) is 6.15. The summed E-state index contributed by atoms with van der Waals surface area (Å²) >= 11 is 0. The quantitative estimate of drug-likeness (QED) is 0.780. The van der Waals surface area contributed by atoms with Crippen molar-refractivity contribution in [2.75, 3.05) is 44.0 Å². The first-order chi connectivity index (χ1) is 13.1. The van der Waals surface area contributed by atoms with Crippen LogP contribution in [0.3, 0.4) is 0 Å². The number of halogens is 1. The summed E-state index contributed by atoms with van der Waals surface area (Å²) in [5.74, 6) is -0.128. The van der Waals surface area contributed by atoms with Gasteiger partial charge in [-0.2, -0.15) is 0 Å². The second kappa shape index (κ2) is 8.74. The van der Waals surface area contributed by atoms with Crippen LogP contribution in [0, 0.1) is 5.82 Å². The highest BCUT2D eigenvalue weighted by Gasteiger charge is 2.16. The lowest BCUT2D eigenvalue weighted by molar-refractivity contribution is 0.0950. The van der Waals surface area contributed by atoms with Gasteiger partial charge in [0.15, 0.2) is 5.82 Å². The van der Waals surface area contributed by atoms with Gasteiger partial charge in [-0.05, 0) is 18.2 Å². The fraction of sp³-hybridized carbons (Fsp3) is 0.389. The van der Waals surface area contributed by atoms with Gasteiger partial charge in [0, 0.05) is 49.8 Å². The molecule has 0 atom stereocenters. The molecule has 1 aliphatic rings. The van der Waals surface area contributed by atoms with E-state index in [0.717, 1.165) is 0 Å². The molecule has 0 aliphatic carbocycles. The second-order valence-corrected chi connectivity index (χ2v) is 6.11. The van der Waals surface area contributed by atoms with Gasteiger partial charge >= 0.3 is 0 Å². The summed E-state index contributed by atoms with van der Waals surface area (Å²) in [7, 11) is 1.54. The fourth-order valence-electron chi connectivity index (χ4n) is 2.78. The SMILES string of the molecule is COCc1ncc(CNC(=O)c2cc(F)cc(N3CCOCC3)c2)c(N)n1. The maximum atomic E-state index is 14.0. The third-order valence-electron chi connectivity index (χ3n) is 4.18. The Bertz CT molecular complexity index is 812. The van der Waals surface area contributed by atoms with Crippen LogP contribution in [0.4, 0.5) is 15.9 Å². The molecular formula is C18H22FN5O3. The van der Waals surface area contributed by atoms with E-state index >= 15 is 0 Å². The van der Waals surface area contributed by atoms with E-state index in [2.05, 4.69) is 15.3 Å². The summed E-state index contributed by atoms with van der Waals surface area (Å²) in [5, 5.41) is 2.72. The fourth-order valence-corrected chi connectivity index (χ4v) is 2.78. The molecule has 2 aromatic rings. The van der Waals surface area contributed by atoms with E-state index in [9.17, 15) is 9.18 Å². The molecule has 27 heavy (non-hydrogen) atoms. The number of morpholine rings is 1. The third kappa shape index (κ3) is 4.89. The lowest BCUT2D eigenvalue weighted by Gasteiger charge is -2.29. The molecule has 144 valence electrons. The summed E-state index contributed by atoms with van der Waals surface area (Å²) in [5.41, 5.74) is 7.37. The monoisotopic (exact) mass is 375 g/mol. The summed E-state index contributed by atoms with van der Waals surface area (Å²) < 4.78 is 24.3. The molecule has 0 radical (unpaired) electrons. The number of nitrogen functional groups attached to an aromatic ring is 1. The predicted octanol–water partition coefficient (Wildman–Crippen LogP) is 1.11. The van der Waals surface area contributed by atoms with Gasteiger partial charge in [0.25, 0.3) is 5.91 Å². The molecule has 1 aromatic carbocycles. The van der Waals surface area contributed by atoms with Crippen LogP contribution in [-0.4, -0.2) is 49.3 Å². The van der Waals surface area contributed by atoms with Crippen LogP contribution in [-0.2, 0) is 22.6 Å². The number of nitrogens with one attached hydrogen (secondary N) is 1. The van der Waals surface area contributed by atoms with Crippen molar-refractivity contribution in [2.24, 2.45) is 0 Å². The largest absolute Gasteiger partial charge is 0.383 e. The molecule has 2 heterocycles. The molecule has 1 fully saturated rings. The Morgan fingerprint density at radius 3 is 2.85 bits per heavy atom. The topological polar surface area (TPSA) is 103 Å². The number of hydrogen-bond acceptors (Lipinski definition) is 7. The Morgan fingerprint density at radius 1 is 1.37 bits per heavy atom. The van der Waals surface area contributed by atoms with Crippen molar-refractivity contribution in [3.63, 3.8) is 0 Å². The molecule has 1 aliphatic heterocycles. The third-order valence-corrected chi connectivity index (χ3v) is 4.18. The number of ether oxygens (including phenoxy) is 2. The molecule has 0 bridgehead atoms. The number of anilines is 2. The molecule has 0 unspecified atom stereocenters. The van der Waals surface area contributed by atoms with E-state index in [-0.39, 0.29) is 24.5 Å². The first-order valence-corrected chi connectivity index (χ1v) is 8.57. The van der Waals surface area contributed by atoms with Gasteiger partial charge in [-0.15, -0.1) is 0 Å². The molecule has 0 spiro atoms. The Balaban J connectivity index is 1.68. The smallest absolute Gasteiger partial charge is 0.251 e. The standard InChI is InChI=1S/C18H22FN5O3/c1-26-11-16-21-9-13(17(20)23-16)10-22-18(25)12-6-14(19)8-15(7-12)24-2-4-27-5-3-24/h6-9H,2-5,10-11H2,1H3,(H,22,25)(H2,20,21,23). The average molecular weight is 375 g/mol. The lowest BCUT2D eigenvalue weighted by atomic mass is 10.1. The molecule has 3 N–H and O–H groups in total. The van der Waals surface area contributed by atoms with Gasteiger partial charge in [-0.3, -0.25) is 4.79 Å². The number of rotatable bonds is 6. The maximum absolute atomic E-state index is 14.0. The number of nitrogens with two attached hydrogens (primary N) is 1. The van der Waals surface area contributed by atoms with Crippen LogP contribution < -0.4 is 16.0 Å². The minimum atomic E-state index is -0.462. The van der Waals surface area contributed by atoms with Gasteiger partial charge in [-0.25, -0.2) is 14.4 Å². The van der Waals surface area contributed by atoms with E-state index in [1.165, 1.54) is 19.2 Å². The van der Waals surface area contributed by atoms with Crippen molar-refractivity contribution >= 4 is 17.4 Å². The minimum absolute atomic E-state index is 0.140. The van der Waals surface area contributed by atoms with Gasteiger partial charge < -0.3 is 25.4 Å². The Labute approximate surface area is 156 Å². The number of methoxy groups -OCH3 is 1. The van der Waals surface area contributed by atoms with Crippen molar-refractivity contribution in [1.82, 2.24) is 15.3 Å². The molecular weight excluding hydrogens is 353 g/mol. The number of benzene rings is 1. The van der Waals surface area contributed by atoms with Gasteiger partial charge in [0.2, 0.25) is 0 Å². The van der Waals surface area contributed by atoms with Crippen molar-refractivity contribution in [3.05, 3.63) is 47.2 Å². The van der Waals surface area contributed by atoms with Gasteiger partial charge in [0.1, 0.15) is 18.2 Å². The number of hydrogen-bond donors (Lipinski definition) is 2. The maximum Gasteiger partial charge on any atom is 0.251 e. The van der Waals surface area contributed by atoms with Crippen LogP contribution >= 0.6 is 0 Å². The van der Waals surface area contributed by atoms with Crippen molar-refractivity contribution in [1.29, 1.82) is 0 Å². The minimum Gasteiger partial charge on any atom is -0.383 e. The average Bonchev–Trinajstić information content (AvgIpc) is 2.67. The Morgan fingerprint density at radius 2 is 2.15 bits per heavy atom. The first-order valence-electron chi connectivity index (χ1n) is 8.57. The summed E-state index contributed by atoms with van der Waals surface area (Å²) in [6, 6.07) is 4.30. The van der Waals surface area contributed by atoms with E-state index in [0.29, 0.717) is 43.4 Å². The Hall–Kier alpha value is -2.78. The molecule has 1 amide bonds. The second-order valence-electron chi connectivity index (χ2n) is 6.11. The van der Waals surface area contributed by atoms with Crippen LogP contribution in [0.25, 0.3) is 0 Å². The van der Waals surface area contributed by atoms with Crippen LogP contribution in [0.1, 0.15) is 21.7 Å². The zero-order valence-corrected chi connectivity index (χ0v) is 15.1. The lowest BCUT2D eigenvalue weighted by Crippen LogP contribution is -2.36. The van der Waals surface area contributed by atoms with Crippen molar-refractivity contribution < 1.29 is 18.7 Å². The summed E-state index contributed by atoms with van der Waals surface area (Å²) in [6.45, 7) is 2.87. The van der Waals surface area contributed by atoms with Crippen molar-refractivity contribution in [3.8, 4) is 0 Å². The number of aromatic nitrogens is 2. The van der Waals surface area contributed by atoms with Gasteiger partial charge in [-0.1, -0.05) is 0 Å². The van der Waals surface area contributed by atoms with Crippen LogP contribution in [0.2, 0.25) is 0 Å². The zero-order chi connectivity index (χ0) is 19.2. The summed E-state index contributed by atoms with van der Waals surface area (Å²) in [6.07, 6.45) is 1.54. The normalized spacial score (nSPS) is 14.2. The number of carbonyl (C=O) groups excluding carboxylic acids is 1. The highest BCUT2D eigenvalue weighted by atomic mass is 19.1. The van der Waals surface area contributed by atoms with Crippen molar-refractivity contribution in [2.45, 2.75) is 13.2 Å². The highest BCUT2D eigenvalue weighted by molar-refractivity contribution is 5.95. The molecule has 0 saturated carbocycles. The van der Waals surface area contributed by atoms with Crippen LogP contribution in [0.15, 0.2) is 24.4 Å². The molecule has 8 nitrogen and oxygen atoms in total. The summed E-state index contributed by atoms with van der Waals surface area (Å²) in [4.78, 5) is 22.7. The molecule has 3 rings (SSSR count). The van der Waals surface area contributed by atoms with Crippen LogP contribution in [0.5, 0.6) is 0 Å². The van der Waals surface area contributed by atoms with Gasteiger partial charge in [0.05, 0.1) is 13.2 Å². The van der Waals surface area contributed by atoms with E-state index in [1.807, 2.05) is 4.90 Å². The molecule has 1 saturated heterocycles. The molecule has 9 heteroatoms. The van der Waals surface area contributed by atoms with E-state index in [4.69, 9.17) is 15.2 Å². The number of amides is 1. The predicted molar refractivity (Wildman–Crippen MR) is 97.8 cm³/mol. The zero-order valence-electron chi connectivity index (χ0n) is 15.1. The number of nitrogens with zero attached hydrogens (tertiary/aromatic N) is 3. The number of carbonyl (C=O) groups is 1.